The highest BCUT2D eigenvalue weighted by Gasteiger charge is 2.21. The van der Waals surface area contributed by atoms with E-state index >= 15 is 0 Å². The molecule has 1 saturated heterocycles. The number of ether oxygens (including phenoxy) is 1. The highest BCUT2D eigenvalue weighted by atomic mass is 16.5. The standard InChI is InChI=1S/C18H28N2O3/c1-3-23-17-7-4-16(5-8-17)6-9-18(22)20-12-10-19(11-13-20)14-15(2)21/h4-5,7-8,15,21H,3,6,9-14H2,1-2H3/t15-/m0/s1. The van der Waals surface area contributed by atoms with Crippen LogP contribution in [0.2, 0.25) is 0 Å². The van der Waals surface area contributed by atoms with Crippen LogP contribution in [0, 0.1) is 0 Å². The Kier molecular flexibility index (Phi) is 6.86. The molecule has 1 heterocycles. The third-order valence-electron chi connectivity index (χ3n) is 4.11. The lowest BCUT2D eigenvalue weighted by molar-refractivity contribution is -0.133. The number of piperazine rings is 1. The van der Waals surface area contributed by atoms with Crippen LogP contribution in [0.15, 0.2) is 24.3 Å². The van der Waals surface area contributed by atoms with Crippen LogP contribution in [0.4, 0.5) is 0 Å². The molecule has 23 heavy (non-hydrogen) atoms. The summed E-state index contributed by atoms with van der Waals surface area (Å²) in [4.78, 5) is 16.4. The van der Waals surface area contributed by atoms with Gasteiger partial charge in [0.05, 0.1) is 12.7 Å². The average molecular weight is 320 g/mol. The average Bonchev–Trinajstić information content (AvgIpc) is 2.54. The Labute approximate surface area is 138 Å². The van der Waals surface area contributed by atoms with Crippen LogP contribution in [0.25, 0.3) is 0 Å². The molecule has 0 unspecified atom stereocenters. The summed E-state index contributed by atoms with van der Waals surface area (Å²) in [6.07, 6.45) is 1.00. The fraction of sp³-hybridized carbons (Fsp3) is 0.611. The first-order valence-corrected chi connectivity index (χ1v) is 8.48. The van der Waals surface area contributed by atoms with Crippen molar-refractivity contribution in [1.29, 1.82) is 0 Å². The summed E-state index contributed by atoms with van der Waals surface area (Å²) in [6.45, 7) is 8.33. The second kappa shape index (κ2) is 8.89. The number of rotatable bonds is 7. The van der Waals surface area contributed by atoms with Crippen molar-refractivity contribution in [2.75, 3.05) is 39.3 Å². The van der Waals surface area contributed by atoms with Gasteiger partial charge < -0.3 is 14.7 Å². The van der Waals surface area contributed by atoms with Crippen molar-refractivity contribution < 1.29 is 14.6 Å². The summed E-state index contributed by atoms with van der Waals surface area (Å²) in [5.41, 5.74) is 1.16. The van der Waals surface area contributed by atoms with E-state index in [4.69, 9.17) is 4.74 Å². The second-order valence-electron chi connectivity index (χ2n) is 6.11. The number of carbonyl (C=O) groups is 1. The number of carbonyl (C=O) groups excluding carboxylic acids is 1. The van der Waals surface area contributed by atoms with Gasteiger partial charge in [-0.25, -0.2) is 0 Å². The fourth-order valence-corrected chi connectivity index (χ4v) is 2.88. The predicted octanol–water partition coefficient (Wildman–Crippen LogP) is 1.54. The number of aliphatic hydroxyl groups excluding tert-OH is 1. The quantitative estimate of drug-likeness (QED) is 0.828. The lowest BCUT2D eigenvalue weighted by Gasteiger charge is -2.35. The molecule has 1 atom stereocenters. The van der Waals surface area contributed by atoms with Crippen LogP contribution in [0.5, 0.6) is 5.75 Å². The zero-order valence-electron chi connectivity index (χ0n) is 14.2. The molecule has 0 aromatic heterocycles. The van der Waals surface area contributed by atoms with Gasteiger partial charge in [0.15, 0.2) is 0 Å². The van der Waals surface area contributed by atoms with E-state index in [0.717, 1.165) is 43.9 Å². The van der Waals surface area contributed by atoms with Gasteiger partial charge >= 0.3 is 0 Å². The van der Waals surface area contributed by atoms with Crippen molar-refractivity contribution >= 4 is 5.91 Å². The smallest absolute Gasteiger partial charge is 0.222 e. The Bertz CT molecular complexity index is 480. The molecule has 1 aliphatic rings. The van der Waals surface area contributed by atoms with Gasteiger partial charge in [0.25, 0.3) is 0 Å². The molecule has 5 nitrogen and oxygen atoms in total. The number of aliphatic hydroxyl groups is 1. The topological polar surface area (TPSA) is 53.0 Å². The normalized spacial score (nSPS) is 17.1. The SMILES string of the molecule is CCOc1ccc(CCC(=O)N2CCN(C[C@H](C)O)CC2)cc1. The first-order valence-electron chi connectivity index (χ1n) is 8.48. The summed E-state index contributed by atoms with van der Waals surface area (Å²) >= 11 is 0. The van der Waals surface area contributed by atoms with Gasteiger partial charge in [-0.2, -0.15) is 0 Å². The summed E-state index contributed by atoms with van der Waals surface area (Å²) < 4.78 is 5.42. The number of hydrogen-bond donors (Lipinski definition) is 1. The number of β-amino-alcohol motifs (C(OH)–C–C–N with tert-alkyl or cyclic N) is 1. The molecule has 1 fully saturated rings. The van der Waals surface area contributed by atoms with Gasteiger partial charge in [-0.15, -0.1) is 0 Å². The first-order chi connectivity index (χ1) is 11.1. The van der Waals surface area contributed by atoms with E-state index in [1.165, 1.54) is 0 Å². The summed E-state index contributed by atoms with van der Waals surface area (Å²) in [6, 6.07) is 7.97. The minimum Gasteiger partial charge on any atom is -0.494 e. The van der Waals surface area contributed by atoms with Crippen molar-refractivity contribution in [2.24, 2.45) is 0 Å². The van der Waals surface area contributed by atoms with Crippen molar-refractivity contribution in [3.63, 3.8) is 0 Å². The highest BCUT2D eigenvalue weighted by molar-refractivity contribution is 5.76. The lowest BCUT2D eigenvalue weighted by Crippen LogP contribution is -2.50. The molecule has 0 bridgehead atoms. The van der Waals surface area contributed by atoms with Gasteiger partial charge in [0.1, 0.15) is 5.75 Å². The number of amides is 1. The minimum atomic E-state index is -0.308. The molecule has 2 rings (SSSR count). The Morgan fingerprint density at radius 1 is 1.22 bits per heavy atom. The molecule has 1 amide bonds. The summed E-state index contributed by atoms with van der Waals surface area (Å²) in [5, 5.41) is 9.41. The molecule has 0 saturated carbocycles. The molecule has 0 radical (unpaired) electrons. The summed E-state index contributed by atoms with van der Waals surface area (Å²) in [7, 11) is 0. The van der Waals surface area contributed by atoms with Crippen molar-refractivity contribution in [2.45, 2.75) is 32.8 Å². The fourth-order valence-electron chi connectivity index (χ4n) is 2.88. The summed E-state index contributed by atoms with van der Waals surface area (Å²) in [5.74, 6) is 1.09. The second-order valence-corrected chi connectivity index (χ2v) is 6.11. The Morgan fingerprint density at radius 2 is 1.87 bits per heavy atom. The van der Waals surface area contributed by atoms with E-state index in [9.17, 15) is 9.90 Å². The molecule has 1 aromatic carbocycles. The number of hydrogen-bond acceptors (Lipinski definition) is 4. The predicted molar refractivity (Wildman–Crippen MR) is 90.6 cm³/mol. The third kappa shape index (κ3) is 5.84. The van der Waals surface area contributed by atoms with Crippen molar-refractivity contribution in [3.05, 3.63) is 29.8 Å². The molecular weight excluding hydrogens is 292 g/mol. The van der Waals surface area contributed by atoms with E-state index in [-0.39, 0.29) is 12.0 Å². The Balaban J connectivity index is 1.73. The molecule has 128 valence electrons. The number of nitrogens with zero attached hydrogens (tertiary/aromatic N) is 2. The molecule has 1 aromatic rings. The van der Waals surface area contributed by atoms with Crippen LogP contribution in [0.3, 0.4) is 0 Å². The molecule has 0 spiro atoms. The zero-order chi connectivity index (χ0) is 16.7. The Morgan fingerprint density at radius 3 is 2.43 bits per heavy atom. The van der Waals surface area contributed by atoms with Gasteiger partial charge in [0.2, 0.25) is 5.91 Å². The molecule has 1 N–H and O–H groups in total. The number of benzene rings is 1. The maximum absolute atomic E-state index is 12.3. The van der Waals surface area contributed by atoms with E-state index < -0.39 is 0 Å². The van der Waals surface area contributed by atoms with Gasteiger partial charge in [0, 0.05) is 39.1 Å². The van der Waals surface area contributed by atoms with Gasteiger partial charge in [-0.05, 0) is 38.0 Å². The van der Waals surface area contributed by atoms with E-state index in [2.05, 4.69) is 4.90 Å². The minimum absolute atomic E-state index is 0.218. The maximum Gasteiger partial charge on any atom is 0.222 e. The maximum atomic E-state index is 12.3. The van der Waals surface area contributed by atoms with E-state index in [1.807, 2.05) is 36.1 Å². The van der Waals surface area contributed by atoms with Crippen LogP contribution < -0.4 is 4.74 Å². The van der Waals surface area contributed by atoms with Crippen LogP contribution >= 0.6 is 0 Å². The van der Waals surface area contributed by atoms with Crippen LogP contribution in [-0.2, 0) is 11.2 Å². The lowest BCUT2D eigenvalue weighted by atomic mass is 10.1. The van der Waals surface area contributed by atoms with Gasteiger partial charge in [-0.3, -0.25) is 9.69 Å². The largest absolute Gasteiger partial charge is 0.494 e. The van der Waals surface area contributed by atoms with E-state index in [1.54, 1.807) is 6.92 Å². The first kappa shape index (κ1) is 17.8. The van der Waals surface area contributed by atoms with Crippen molar-refractivity contribution in [3.8, 4) is 5.75 Å². The monoisotopic (exact) mass is 320 g/mol. The Hall–Kier alpha value is -1.59. The highest BCUT2D eigenvalue weighted by Crippen LogP contribution is 2.14. The van der Waals surface area contributed by atoms with E-state index in [0.29, 0.717) is 19.6 Å². The molecule has 5 heteroatoms. The zero-order valence-corrected chi connectivity index (χ0v) is 14.2. The van der Waals surface area contributed by atoms with Crippen LogP contribution in [-0.4, -0.2) is 66.2 Å². The van der Waals surface area contributed by atoms with Gasteiger partial charge in [-0.1, -0.05) is 12.1 Å². The number of aryl methyl sites for hydroxylation is 1. The molecule has 0 aliphatic carbocycles. The third-order valence-corrected chi connectivity index (χ3v) is 4.11. The van der Waals surface area contributed by atoms with Crippen molar-refractivity contribution in [1.82, 2.24) is 9.80 Å². The molecule has 1 aliphatic heterocycles. The van der Waals surface area contributed by atoms with Crippen LogP contribution in [0.1, 0.15) is 25.8 Å². The molecular formula is C18H28N2O3.